The summed E-state index contributed by atoms with van der Waals surface area (Å²) in [6.45, 7) is 1.89. The maximum Gasteiger partial charge on any atom is 0.256 e. The van der Waals surface area contributed by atoms with E-state index in [9.17, 15) is 18.0 Å². The predicted octanol–water partition coefficient (Wildman–Crippen LogP) is 4.75. The van der Waals surface area contributed by atoms with Crippen molar-refractivity contribution in [2.75, 3.05) is 0 Å². The normalized spacial score (nSPS) is 19.5. The van der Waals surface area contributed by atoms with Crippen LogP contribution in [0.4, 0.5) is 13.2 Å². The number of benzene rings is 1. The van der Waals surface area contributed by atoms with Gasteiger partial charge in [-0.05, 0) is 56.9 Å². The molecule has 2 aliphatic rings. The Bertz CT molecular complexity index is 1450. The van der Waals surface area contributed by atoms with E-state index in [0.717, 1.165) is 54.0 Å². The number of imidazole rings is 1. The van der Waals surface area contributed by atoms with Gasteiger partial charge in [0.15, 0.2) is 17.5 Å². The van der Waals surface area contributed by atoms with Gasteiger partial charge in [0.2, 0.25) is 0 Å². The topological polar surface area (TPSA) is 55.4 Å². The summed E-state index contributed by atoms with van der Waals surface area (Å²) in [4.78, 5) is 19.9. The third kappa shape index (κ3) is 2.99. The minimum Gasteiger partial charge on any atom is -0.327 e. The third-order valence-corrected chi connectivity index (χ3v) is 7.13. The fourth-order valence-electron chi connectivity index (χ4n) is 5.60. The SMILES string of the molecule is Cc1ncc2ccc(C(=O)N3C4CCC[C@H]3c3nn(C)c(-c5cc(F)c(F)c(F)c5)c3C4)cn12. The second-order valence-electron chi connectivity index (χ2n) is 9.13. The van der Waals surface area contributed by atoms with Gasteiger partial charge in [0.1, 0.15) is 5.82 Å². The Morgan fingerprint density at radius 3 is 2.65 bits per heavy atom. The Balaban J connectivity index is 1.43. The number of hydrogen-bond donors (Lipinski definition) is 0. The molecular formula is C25H22F3N5O. The summed E-state index contributed by atoms with van der Waals surface area (Å²) in [7, 11) is 1.71. The van der Waals surface area contributed by atoms with E-state index < -0.39 is 17.5 Å². The van der Waals surface area contributed by atoms with Crippen molar-refractivity contribution in [3.05, 3.63) is 76.8 Å². The molecule has 9 heteroatoms. The Morgan fingerprint density at radius 1 is 1.12 bits per heavy atom. The molecule has 1 fully saturated rings. The van der Waals surface area contributed by atoms with Crippen LogP contribution in [0.5, 0.6) is 0 Å². The standard InChI is InChI=1S/C25H22F3N5O/c1-13-29-11-17-7-6-14(12-32(13)17)25(34)33-16-4-3-5-21(33)23-18(10-16)24(31(2)30-23)15-8-19(26)22(28)20(27)9-15/h6-9,11-12,16,21H,3-5,10H2,1-2H3/t16?,21-/m0/s1. The van der Waals surface area contributed by atoms with Gasteiger partial charge in [0.25, 0.3) is 5.91 Å². The monoisotopic (exact) mass is 465 g/mol. The summed E-state index contributed by atoms with van der Waals surface area (Å²) in [6, 6.07) is 5.42. The molecule has 1 saturated heterocycles. The number of pyridine rings is 1. The number of carbonyl (C=O) groups is 1. The molecule has 1 amide bonds. The second kappa shape index (κ2) is 7.44. The first-order valence-electron chi connectivity index (χ1n) is 11.3. The Labute approximate surface area is 193 Å². The fraction of sp³-hybridized carbons (Fsp3) is 0.320. The van der Waals surface area contributed by atoms with Crippen LogP contribution in [0.25, 0.3) is 16.8 Å². The summed E-state index contributed by atoms with van der Waals surface area (Å²) in [5.74, 6) is -3.22. The van der Waals surface area contributed by atoms with E-state index in [1.165, 1.54) is 0 Å². The molecule has 2 aliphatic heterocycles. The van der Waals surface area contributed by atoms with Crippen LogP contribution in [0.3, 0.4) is 0 Å². The first-order valence-corrected chi connectivity index (χ1v) is 11.3. The number of piperidine rings is 1. The lowest BCUT2D eigenvalue weighted by Crippen LogP contribution is -2.49. The Morgan fingerprint density at radius 2 is 1.88 bits per heavy atom. The van der Waals surface area contributed by atoms with Crippen molar-refractivity contribution in [1.82, 2.24) is 24.1 Å². The molecule has 2 atom stereocenters. The number of hydrogen-bond acceptors (Lipinski definition) is 3. The van der Waals surface area contributed by atoms with E-state index in [0.29, 0.717) is 17.7 Å². The number of aromatic nitrogens is 4. The minimum absolute atomic E-state index is 0.0589. The molecule has 174 valence electrons. The summed E-state index contributed by atoms with van der Waals surface area (Å²) < 4.78 is 45.0. The van der Waals surface area contributed by atoms with Crippen LogP contribution in [-0.4, -0.2) is 36.0 Å². The maximum absolute atomic E-state index is 14.0. The van der Waals surface area contributed by atoms with Crippen molar-refractivity contribution in [1.29, 1.82) is 0 Å². The molecule has 0 radical (unpaired) electrons. The molecule has 6 nitrogen and oxygen atoms in total. The van der Waals surface area contributed by atoms with Gasteiger partial charge in [0, 0.05) is 30.4 Å². The number of nitrogens with zero attached hydrogens (tertiary/aromatic N) is 5. The zero-order valence-electron chi connectivity index (χ0n) is 18.7. The molecule has 1 aromatic carbocycles. The summed E-state index contributed by atoms with van der Waals surface area (Å²) in [5, 5.41) is 4.68. The van der Waals surface area contributed by atoms with Crippen molar-refractivity contribution >= 4 is 11.4 Å². The van der Waals surface area contributed by atoms with Crippen LogP contribution >= 0.6 is 0 Å². The largest absolute Gasteiger partial charge is 0.327 e. The zero-order valence-corrected chi connectivity index (χ0v) is 18.7. The average Bonchev–Trinajstić information content (AvgIpc) is 3.35. The maximum atomic E-state index is 14.0. The van der Waals surface area contributed by atoms with Crippen LogP contribution in [0, 0.1) is 24.4 Å². The van der Waals surface area contributed by atoms with E-state index in [2.05, 4.69) is 10.1 Å². The molecule has 0 aliphatic carbocycles. The molecule has 0 saturated carbocycles. The van der Waals surface area contributed by atoms with Gasteiger partial charge in [-0.2, -0.15) is 5.10 Å². The van der Waals surface area contributed by atoms with Gasteiger partial charge < -0.3 is 9.30 Å². The molecule has 6 rings (SSSR count). The number of rotatable bonds is 2. The van der Waals surface area contributed by atoms with Gasteiger partial charge in [-0.15, -0.1) is 0 Å². The van der Waals surface area contributed by atoms with Crippen molar-refractivity contribution in [2.45, 2.75) is 44.7 Å². The molecule has 0 N–H and O–H groups in total. The predicted molar refractivity (Wildman–Crippen MR) is 119 cm³/mol. The number of aryl methyl sites for hydroxylation is 2. The highest BCUT2D eigenvalue weighted by atomic mass is 19.2. The van der Waals surface area contributed by atoms with Gasteiger partial charge in [-0.1, -0.05) is 0 Å². The number of amides is 1. The quantitative estimate of drug-likeness (QED) is 0.402. The summed E-state index contributed by atoms with van der Waals surface area (Å²) in [6.07, 6.45) is 6.65. The lowest BCUT2D eigenvalue weighted by molar-refractivity contribution is 0.0391. The van der Waals surface area contributed by atoms with Crippen LogP contribution < -0.4 is 0 Å². The van der Waals surface area contributed by atoms with Crippen LogP contribution in [0.2, 0.25) is 0 Å². The minimum atomic E-state index is -1.49. The van der Waals surface area contributed by atoms with Crippen molar-refractivity contribution in [2.24, 2.45) is 7.05 Å². The molecule has 3 aromatic heterocycles. The molecule has 34 heavy (non-hydrogen) atoms. The number of carbonyl (C=O) groups excluding carboxylic acids is 1. The molecule has 4 aromatic rings. The molecule has 5 heterocycles. The van der Waals surface area contributed by atoms with Gasteiger partial charge in [-0.25, -0.2) is 18.2 Å². The van der Waals surface area contributed by atoms with Crippen molar-refractivity contribution in [3.8, 4) is 11.3 Å². The van der Waals surface area contributed by atoms with E-state index in [1.54, 1.807) is 17.9 Å². The highest BCUT2D eigenvalue weighted by Crippen LogP contribution is 2.45. The molecule has 1 unspecified atom stereocenters. The first-order chi connectivity index (χ1) is 16.3. The van der Waals surface area contributed by atoms with Gasteiger partial charge in [-0.3, -0.25) is 9.48 Å². The summed E-state index contributed by atoms with van der Waals surface area (Å²) in [5.41, 5.74) is 3.91. The van der Waals surface area contributed by atoms with Crippen LogP contribution in [0.15, 0.2) is 36.7 Å². The van der Waals surface area contributed by atoms with Crippen molar-refractivity contribution < 1.29 is 18.0 Å². The highest BCUT2D eigenvalue weighted by molar-refractivity contribution is 5.95. The van der Waals surface area contributed by atoms with E-state index in [1.807, 2.05) is 34.6 Å². The molecule has 2 bridgehead atoms. The van der Waals surface area contributed by atoms with Crippen molar-refractivity contribution in [3.63, 3.8) is 0 Å². The van der Waals surface area contributed by atoms with Crippen LogP contribution in [-0.2, 0) is 13.5 Å². The first kappa shape index (κ1) is 20.9. The van der Waals surface area contributed by atoms with E-state index >= 15 is 0 Å². The second-order valence-corrected chi connectivity index (χ2v) is 9.13. The summed E-state index contributed by atoms with van der Waals surface area (Å²) >= 11 is 0. The molecular weight excluding hydrogens is 443 g/mol. The van der Waals surface area contributed by atoms with E-state index in [-0.39, 0.29) is 23.6 Å². The highest BCUT2D eigenvalue weighted by Gasteiger charge is 2.43. The van der Waals surface area contributed by atoms with E-state index in [4.69, 9.17) is 0 Å². The lowest BCUT2D eigenvalue weighted by Gasteiger charge is -2.45. The lowest BCUT2D eigenvalue weighted by atomic mass is 9.81. The smallest absolute Gasteiger partial charge is 0.256 e. The Kier molecular flexibility index (Phi) is 4.59. The van der Waals surface area contributed by atoms with Crippen LogP contribution in [0.1, 0.15) is 52.7 Å². The zero-order chi connectivity index (χ0) is 23.7. The fourth-order valence-corrected chi connectivity index (χ4v) is 5.60. The average molecular weight is 465 g/mol. The third-order valence-electron chi connectivity index (χ3n) is 7.13. The van der Waals surface area contributed by atoms with Gasteiger partial charge >= 0.3 is 0 Å². The Hall–Kier alpha value is -3.62. The number of fused-ring (bicyclic) bond motifs is 5. The molecule has 0 spiro atoms. The number of halogens is 3. The van der Waals surface area contributed by atoms with Gasteiger partial charge in [0.05, 0.1) is 34.7 Å².